The molecule has 3 nitrogen and oxygen atoms in total. The molecule has 3 heteroatoms. The standard InChI is InChI=1S/C28H32N2O.C2H6/c1-21-11-15-23(16-12-21)24-7-6-8-25(19-24)28(31)29-26-17-13-22(14-18-26)20-30(2)27-9-4-3-5-10-27;1-2/h6-8,11-19,27H,3-5,9-10,20H2,1-2H3,(H,29,31);1-2H3. The quantitative estimate of drug-likeness (QED) is 0.424. The fourth-order valence-corrected chi connectivity index (χ4v) is 4.42. The van der Waals surface area contributed by atoms with Gasteiger partial charge >= 0.3 is 0 Å². The molecule has 0 atom stereocenters. The number of nitrogens with one attached hydrogen (secondary N) is 1. The number of aryl methyl sites for hydroxylation is 1. The van der Waals surface area contributed by atoms with Crippen molar-refractivity contribution < 1.29 is 4.79 Å². The minimum Gasteiger partial charge on any atom is -0.322 e. The molecule has 4 rings (SSSR count). The highest BCUT2D eigenvalue weighted by atomic mass is 16.1. The SMILES string of the molecule is CC.Cc1ccc(-c2cccc(C(=O)Nc3ccc(CN(C)C4CCCCC4)cc3)c2)cc1. The average molecular weight is 443 g/mol. The number of amides is 1. The smallest absolute Gasteiger partial charge is 0.255 e. The van der Waals surface area contributed by atoms with Crippen LogP contribution in [0.25, 0.3) is 11.1 Å². The third-order valence-corrected chi connectivity index (χ3v) is 6.35. The Balaban J connectivity index is 0.00000149. The fourth-order valence-electron chi connectivity index (χ4n) is 4.42. The summed E-state index contributed by atoms with van der Waals surface area (Å²) < 4.78 is 0. The highest BCUT2D eigenvalue weighted by Crippen LogP contribution is 2.24. The predicted molar refractivity (Wildman–Crippen MR) is 141 cm³/mol. The van der Waals surface area contributed by atoms with Crippen LogP contribution in [-0.2, 0) is 6.54 Å². The van der Waals surface area contributed by atoms with Crippen molar-refractivity contribution in [2.24, 2.45) is 0 Å². The number of benzene rings is 3. The second-order valence-corrected chi connectivity index (χ2v) is 8.80. The van der Waals surface area contributed by atoms with Gasteiger partial charge in [-0.1, -0.05) is 87.2 Å². The van der Waals surface area contributed by atoms with Gasteiger partial charge in [0.1, 0.15) is 0 Å². The first-order valence-electron chi connectivity index (χ1n) is 12.4. The van der Waals surface area contributed by atoms with Gasteiger partial charge in [0.2, 0.25) is 0 Å². The summed E-state index contributed by atoms with van der Waals surface area (Å²) in [5.74, 6) is -0.0824. The van der Waals surface area contributed by atoms with E-state index in [-0.39, 0.29) is 5.91 Å². The second-order valence-electron chi connectivity index (χ2n) is 8.80. The van der Waals surface area contributed by atoms with Gasteiger partial charge in [0.05, 0.1) is 0 Å². The monoisotopic (exact) mass is 442 g/mol. The summed E-state index contributed by atoms with van der Waals surface area (Å²) >= 11 is 0. The third-order valence-electron chi connectivity index (χ3n) is 6.35. The van der Waals surface area contributed by atoms with Gasteiger partial charge in [-0.05, 0) is 67.8 Å². The largest absolute Gasteiger partial charge is 0.322 e. The van der Waals surface area contributed by atoms with Gasteiger partial charge in [-0.25, -0.2) is 0 Å². The van der Waals surface area contributed by atoms with Gasteiger partial charge in [-0.3, -0.25) is 9.69 Å². The molecule has 1 aliphatic carbocycles. The van der Waals surface area contributed by atoms with E-state index >= 15 is 0 Å². The topological polar surface area (TPSA) is 32.3 Å². The van der Waals surface area contributed by atoms with Crippen LogP contribution in [0.2, 0.25) is 0 Å². The highest BCUT2D eigenvalue weighted by Gasteiger charge is 2.18. The van der Waals surface area contributed by atoms with E-state index in [1.165, 1.54) is 43.2 Å². The van der Waals surface area contributed by atoms with E-state index in [4.69, 9.17) is 0 Å². The summed E-state index contributed by atoms with van der Waals surface area (Å²) in [6.07, 6.45) is 6.71. The van der Waals surface area contributed by atoms with Crippen molar-refractivity contribution in [3.63, 3.8) is 0 Å². The molecule has 0 aliphatic heterocycles. The van der Waals surface area contributed by atoms with Crippen molar-refractivity contribution in [3.05, 3.63) is 89.5 Å². The number of hydrogen-bond acceptors (Lipinski definition) is 2. The zero-order chi connectivity index (χ0) is 23.6. The number of hydrogen-bond donors (Lipinski definition) is 1. The molecule has 1 N–H and O–H groups in total. The number of nitrogens with zero attached hydrogens (tertiary/aromatic N) is 1. The molecular weight excluding hydrogens is 404 g/mol. The highest BCUT2D eigenvalue weighted by molar-refractivity contribution is 6.04. The predicted octanol–water partition coefficient (Wildman–Crippen LogP) is 7.71. The normalized spacial score (nSPS) is 13.8. The molecule has 0 heterocycles. The van der Waals surface area contributed by atoms with E-state index in [0.717, 1.165) is 23.4 Å². The Morgan fingerprint density at radius 3 is 2.21 bits per heavy atom. The molecule has 1 amide bonds. The molecule has 1 fully saturated rings. The Morgan fingerprint density at radius 1 is 0.879 bits per heavy atom. The number of anilines is 1. The third kappa shape index (κ3) is 7.03. The van der Waals surface area contributed by atoms with Crippen molar-refractivity contribution in [1.29, 1.82) is 0 Å². The van der Waals surface area contributed by atoms with Gasteiger partial charge < -0.3 is 5.32 Å². The zero-order valence-corrected chi connectivity index (χ0v) is 20.6. The summed E-state index contributed by atoms with van der Waals surface area (Å²) in [7, 11) is 2.23. The summed E-state index contributed by atoms with van der Waals surface area (Å²) in [5.41, 5.74) is 6.17. The van der Waals surface area contributed by atoms with Crippen LogP contribution in [0.1, 0.15) is 67.4 Å². The molecule has 0 saturated heterocycles. The van der Waals surface area contributed by atoms with Crippen molar-refractivity contribution in [3.8, 4) is 11.1 Å². The first kappa shape index (κ1) is 24.7. The van der Waals surface area contributed by atoms with Crippen LogP contribution in [0.15, 0.2) is 72.8 Å². The van der Waals surface area contributed by atoms with E-state index in [9.17, 15) is 4.79 Å². The van der Waals surface area contributed by atoms with E-state index in [1.54, 1.807) is 0 Å². The fraction of sp³-hybridized carbons (Fsp3) is 0.367. The molecule has 0 radical (unpaired) electrons. The van der Waals surface area contributed by atoms with Gasteiger partial charge in [0, 0.05) is 23.8 Å². The van der Waals surface area contributed by atoms with E-state index < -0.39 is 0 Å². The van der Waals surface area contributed by atoms with Gasteiger partial charge in [-0.15, -0.1) is 0 Å². The Labute approximate surface area is 199 Å². The Bertz CT molecular complexity index is 1000. The number of carbonyl (C=O) groups excluding carboxylic acids is 1. The summed E-state index contributed by atoms with van der Waals surface area (Å²) in [4.78, 5) is 15.3. The average Bonchev–Trinajstić information content (AvgIpc) is 2.87. The van der Waals surface area contributed by atoms with E-state index in [1.807, 2.05) is 50.2 Å². The Hall–Kier alpha value is -2.91. The van der Waals surface area contributed by atoms with Crippen molar-refractivity contribution in [1.82, 2.24) is 4.90 Å². The Kier molecular flexibility index (Phi) is 9.26. The van der Waals surface area contributed by atoms with Crippen LogP contribution in [0.4, 0.5) is 5.69 Å². The van der Waals surface area contributed by atoms with Crippen LogP contribution >= 0.6 is 0 Å². The lowest BCUT2D eigenvalue weighted by atomic mass is 9.94. The lowest BCUT2D eigenvalue weighted by Gasteiger charge is -2.31. The molecule has 33 heavy (non-hydrogen) atoms. The van der Waals surface area contributed by atoms with Gasteiger partial charge in [-0.2, -0.15) is 0 Å². The first-order valence-corrected chi connectivity index (χ1v) is 12.4. The molecule has 1 aliphatic rings. The van der Waals surface area contributed by atoms with Crippen LogP contribution in [0.3, 0.4) is 0 Å². The lowest BCUT2D eigenvalue weighted by Crippen LogP contribution is -2.32. The molecule has 0 bridgehead atoms. The van der Waals surface area contributed by atoms with Crippen molar-refractivity contribution >= 4 is 11.6 Å². The van der Waals surface area contributed by atoms with Crippen molar-refractivity contribution in [2.45, 2.75) is 65.5 Å². The molecular formula is C30H38N2O. The maximum atomic E-state index is 12.8. The van der Waals surface area contributed by atoms with E-state index in [0.29, 0.717) is 11.6 Å². The van der Waals surface area contributed by atoms with Crippen molar-refractivity contribution in [2.75, 3.05) is 12.4 Å². The molecule has 0 spiro atoms. The lowest BCUT2D eigenvalue weighted by molar-refractivity contribution is 0.102. The Morgan fingerprint density at radius 2 is 1.55 bits per heavy atom. The maximum Gasteiger partial charge on any atom is 0.255 e. The molecule has 3 aromatic carbocycles. The number of rotatable bonds is 6. The first-order chi connectivity index (χ1) is 16.1. The minimum absolute atomic E-state index is 0.0824. The minimum atomic E-state index is -0.0824. The molecule has 0 unspecified atom stereocenters. The van der Waals surface area contributed by atoms with Crippen LogP contribution in [0, 0.1) is 6.92 Å². The number of carbonyl (C=O) groups is 1. The van der Waals surface area contributed by atoms with E-state index in [2.05, 4.69) is 60.6 Å². The second kappa shape index (κ2) is 12.4. The molecule has 1 saturated carbocycles. The summed E-state index contributed by atoms with van der Waals surface area (Å²) in [6.45, 7) is 7.03. The maximum absolute atomic E-state index is 12.8. The zero-order valence-electron chi connectivity index (χ0n) is 20.6. The molecule has 3 aromatic rings. The van der Waals surface area contributed by atoms with Crippen LogP contribution in [-0.4, -0.2) is 23.9 Å². The molecule has 0 aromatic heterocycles. The van der Waals surface area contributed by atoms with Gasteiger partial charge in [0.15, 0.2) is 0 Å². The summed E-state index contributed by atoms with van der Waals surface area (Å²) in [5, 5.41) is 3.04. The van der Waals surface area contributed by atoms with Crippen LogP contribution in [0.5, 0.6) is 0 Å². The summed E-state index contributed by atoms with van der Waals surface area (Å²) in [6, 6.07) is 25.1. The molecule has 174 valence electrons. The van der Waals surface area contributed by atoms with Gasteiger partial charge in [0.25, 0.3) is 5.91 Å². The van der Waals surface area contributed by atoms with Crippen LogP contribution < -0.4 is 5.32 Å².